The van der Waals surface area contributed by atoms with Crippen LogP contribution in [0, 0.1) is 0 Å². The fourth-order valence-electron chi connectivity index (χ4n) is 4.47. The Morgan fingerprint density at radius 2 is 1.53 bits per heavy atom. The van der Waals surface area contributed by atoms with Crippen LogP contribution in [0.5, 0.6) is 11.5 Å². The van der Waals surface area contributed by atoms with E-state index in [1.807, 2.05) is 54.6 Å². The summed E-state index contributed by atoms with van der Waals surface area (Å²) < 4.78 is 6.23. The standard InChI is InChI=1S/C28H25NO3/c1-2-3-4-7-17-29-27(30)23-12-8-11-22-25(16-15-24(26(22)23)28(29)31)32-21-14-13-19-9-5-6-10-20(19)18-21/h5-6,8-16,18H,2-4,7,17H2,1H3. The van der Waals surface area contributed by atoms with Gasteiger partial charge >= 0.3 is 0 Å². The van der Waals surface area contributed by atoms with Crippen molar-refractivity contribution in [3.63, 3.8) is 0 Å². The number of imide groups is 1. The van der Waals surface area contributed by atoms with Crippen LogP contribution in [-0.4, -0.2) is 23.3 Å². The molecule has 0 aliphatic carbocycles. The Morgan fingerprint density at radius 3 is 2.34 bits per heavy atom. The first-order chi connectivity index (χ1) is 15.7. The van der Waals surface area contributed by atoms with Crippen LogP contribution in [0.2, 0.25) is 0 Å². The maximum atomic E-state index is 13.2. The van der Waals surface area contributed by atoms with E-state index in [0.29, 0.717) is 28.8 Å². The van der Waals surface area contributed by atoms with Crippen molar-refractivity contribution in [1.29, 1.82) is 0 Å². The van der Waals surface area contributed by atoms with Crippen LogP contribution in [0.15, 0.2) is 72.8 Å². The Hall–Kier alpha value is -3.66. The van der Waals surface area contributed by atoms with Gasteiger partial charge in [-0.2, -0.15) is 0 Å². The average Bonchev–Trinajstić information content (AvgIpc) is 2.82. The Morgan fingerprint density at radius 1 is 0.750 bits per heavy atom. The minimum absolute atomic E-state index is 0.215. The third kappa shape index (κ3) is 3.52. The lowest BCUT2D eigenvalue weighted by molar-refractivity contribution is 0.0608. The monoisotopic (exact) mass is 423 g/mol. The zero-order valence-corrected chi connectivity index (χ0v) is 18.1. The van der Waals surface area contributed by atoms with Gasteiger partial charge in [-0.05, 0) is 47.5 Å². The van der Waals surface area contributed by atoms with E-state index in [0.717, 1.165) is 47.6 Å². The molecular weight excluding hydrogens is 398 g/mol. The third-order valence-electron chi connectivity index (χ3n) is 6.14. The zero-order valence-electron chi connectivity index (χ0n) is 18.1. The fourth-order valence-corrected chi connectivity index (χ4v) is 4.47. The molecule has 160 valence electrons. The summed E-state index contributed by atoms with van der Waals surface area (Å²) in [7, 11) is 0. The number of hydrogen-bond donors (Lipinski definition) is 0. The summed E-state index contributed by atoms with van der Waals surface area (Å²) in [5.74, 6) is 0.924. The molecule has 0 fully saturated rings. The Balaban J connectivity index is 1.51. The van der Waals surface area contributed by atoms with Crippen molar-refractivity contribution < 1.29 is 14.3 Å². The molecule has 4 aromatic carbocycles. The highest BCUT2D eigenvalue weighted by molar-refractivity contribution is 6.26. The molecule has 0 aromatic heterocycles. The summed E-state index contributed by atoms with van der Waals surface area (Å²) in [6, 6.07) is 23.3. The normalized spacial score (nSPS) is 13.2. The van der Waals surface area contributed by atoms with Crippen molar-refractivity contribution in [3.05, 3.63) is 83.9 Å². The highest BCUT2D eigenvalue weighted by Crippen LogP contribution is 2.38. The fraction of sp³-hybridized carbons (Fsp3) is 0.214. The van der Waals surface area contributed by atoms with Crippen molar-refractivity contribution in [2.45, 2.75) is 32.6 Å². The van der Waals surface area contributed by atoms with Gasteiger partial charge in [0.2, 0.25) is 0 Å². The number of hydrogen-bond acceptors (Lipinski definition) is 3. The summed E-state index contributed by atoms with van der Waals surface area (Å²) >= 11 is 0. The van der Waals surface area contributed by atoms with Gasteiger partial charge < -0.3 is 4.74 Å². The number of carbonyl (C=O) groups is 2. The lowest BCUT2D eigenvalue weighted by Gasteiger charge is -2.27. The first-order valence-corrected chi connectivity index (χ1v) is 11.3. The first kappa shape index (κ1) is 20.3. The number of carbonyl (C=O) groups excluding carboxylic acids is 2. The lowest BCUT2D eigenvalue weighted by Crippen LogP contribution is -2.40. The van der Waals surface area contributed by atoms with E-state index >= 15 is 0 Å². The Bertz CT molecular complexity index is 1320. The van der Waals surface area contributed by atoms with Crippen molar-refractivity contribution in [2.75, 3.05) is 6.54 Å². The van der Waals surface area contributed by atoms with Gasteiger partial charge in [-0.15, -0.1) is 0 Å². The van der Waals surface area contributed by atoms with Gasteiger partial charge in [0.15, 0.2) is 0 Å². The van der Waals surface area contributed by atoms with Crippen LogP contribution in [-0.2, 0) is 0 Å². The molecule has 1 aliphatic heterocycles. The second kappa shape index (κ2) is 8.46. The molecule has 1 heterocycles. The molecule has 0 saturated heterocycles. The first-order valence-electron chi connectivity index (χ1n) is 11.3. The minimum Gasteiger partial charge on any atom is -0.457 e. The van der Waals surface area contributed by atoms with Crippen molar-refractivity contribution >= 4 is 33.4 Å². The number of benzene rings is 4. The second-order valence-electron chi connectivity index (χ2n) is 8.27. The molecule has 5 rings (SSSR count). The minimum atomic E-state index is -0.215. The molecule has 1 aliphatic rings. The van der Waals surface area contributed by atoms with Gasteiger partial charge in [0.05, 0.1) is 0 Å². The van der Waals surface area contributed by atoms with Crippen LogP contribution in [0.25, 0.3) is 21.5 Å². The van der Waals surface area contributed by atoms with Crippen LogP contribution < -0.4 is 4.74 Å². The summed E-state index contributed by atoms with van der Waals surface area (Å²) in [5, 5.41) is 3.70. The van der Waals surface area contributed by atoms with E-state index in [2.05, 4.69) is 13.0 Å². The molecule has 0 N–H and O–H groups in total. The number of nitrogens with zero attached hydrogens (tertiary/aromatic N) is 1. The zero-order chi connectivity index (χ0) is 22.1. The largest absolute Gasteiger partial charge is 0.457 e. The smallest absolute Gasteiger partial charge is 0.261 e. The molecular formula is C28H25NO3. The molecule has 4 nitrogen and oxygen atoms in total. The number of fused-ring (bicyclic) bond motifs is 1. The molecule has 32 heavy (non-hydrogen) atoms. The van der Waals surface area contributed by atoms with Gasteiger partial charge in [0, 0.05) is 28.4 Å². The number of ether oxygens (including phenoxy) is 1. The second-order valence-corrected chi connectivity index (χ2v) is 8.27. The average molecular weight is 424 g/mol. The van der Waals surface area contributed by atoms with Gasteiger partial charge in [-0.3, -0.25) is 14.5 Å². The Kier molecular flexibility index (Phi) is 5.36. The predicted octanol–water partition coefficient (Wildman–Crippen LogP) is 6.96. The molecule has 0 bridgehead atoms. The van der Waals surface area contributed by atoms with E-state index in [-0.39, 0.29) is 11.8 Å². The Labute approximate surface area is 187 Å². The summed E-state index contributed by atoms with van der Waals surface area (Å²) in [6.07, 6.45) is 4.07. The van der Waals surface area contributed by atoms with Gasteiger partial charge in [-0.1, -0.05) is 68.7 Å². The molecule has 4 heteroatoms. The molecule has 0 saturated carbocycles. The number of unbranched alkanes of at least 4 members (excludes halogenated alkanes) is 3. The maximum absolute atomic E-state index is 13.2. The highest BCUT2D eigenvalue weighted by atomic mass is 16.5. The highest BCUT2D eigenvalue weighted by Gasteiger charge is 2.33. The third-order valence-corrected chi connectivity index (χ3v) is 6.14. The molecule has 0 spiro atoms. The molecule has 0 radical (unpaired) electrons. The molecule has 2 amide bonds. The summed E-state index contributed by atoms with van der Waals surface area (Å²) in [5.41, 5.74) is 1.13. The van der Waals surface area contributed by atoms with E-state index in [1.165, 1.54) is 4.90 Å². The molecule has 0 unspecified atom stereocenters. The maximum Gasteiger partial charge on any atom is 0.261 e. The number of amides is 2. The quantitative estimate of drug-likeness (QED) is 0.238. The lowest BCUT2D eigenvalue weighted by atomic mass is 9.93. The van der Waals surface area contributed by atoms with Gasteiger partial charge in [0.25, 0.3) is 11.8 Å². The van der Waals surface area contributed by atoms with E-state index in [1.54, 1.807) is 12.1 Å². The van der Waals surface area contributed by atoms with Crippen LogP contribution in [0.4, 0.5) is 0 Å². The molecule has 0 atom stereocenters. The van der Waals surface area contributed by atoms with Crippen LogP contribution in [0.3, 0.4) is 0 Å². The van der Waals surface area contributed by atoms with E-state index in [4.69, 9.17) is 4.74 Å². The van der Waals surface area contributed by atoms with E-state index in [9.17, 15) is 9.59 Å². The van der Waals surface area contributed by atoms with Gasteiger partial charge in [0.1, 0.15) is 11.5 Å². The van der Waals surface area contributed by atoms with Crippen LogP contribution >= 0.6 is 0 Å². The van der Waals surface area contributed by atoms with Crippen LogP contribution in [0.1, 0.15) is 53.3 Å². The predicted molar refractivity (Wildman–Crippen MR) is 127 cm³/mol. The van der Waals surface area contributed by atoms with Crippen molar-refractivity contribution in [2.24, 2.45) is 0 Å². The summed E-state index contributed by atoms with van der Waals surface area (Å²) in [4.78, 5) is 27.7. The van der Waals surface area contributed by atoms with Crippen molar-refractivity contribution in [1.82, 2.24) is 4.90 Å². The van der Waals surface area contributed by atoms with Crippen molar-refractivity contribution in [3.8, 4) is 11.5 Å². The molecule has 4 aromatic rings. The number of rotatable bonds is 7. The van der Waals surface area contributed by atoms with Gasteiger partial charge in [-0.25, -0.2) is 0 Å². The SMILES string of the molecule is CCCCCCN1C(=O)c2cccc3c(Oc4ccc5ccccc5c4)ccc(c23)C1=O. The summed E-state index contributed by atoms with van der Waals surface area (Å²) in [6.45, 7) is 2.61. The topological polar surface area (TPSA) is 46.6 Å². The van der Waals surface area contributed by atoms with E-state index < -0.39 is 0 Å².